The first kappa shape index (κ1) is 21.9. The maximum Gasteiger partial charge on any atom is 0.407 e. The Morgan fingerprint density at radius 1 is 0.941 bits per heavy atom. The Morgan fingerprint density at radius 2 is 1.56 bits per heavy atom. The molecule has 2 aliphatic carbocycles. The van der Waals surface area contributed by atoms with Crippen molar-refractivity contribution >= 4 is 23.9 Å². The number of benzene rings is 2. The second-order valence-electron chi connectivity index (χ2n) is 9.07. The summed E-state index contributed by atoms with van der Waals surface area (Å²) >= 11 is 0. The lowest BCUT2D eigenvalue weighted by Crippen LogP contribution is -2.56. The fourth-order valence-corrected chi connectivity index (χ4v) is 5.44. The number of nitrogens with one attached hydrogen (secondary N) is 2. The third-order valence-electron chi connectivity index (χ3n) is 7.08. The number of carbonyl (C=O) groups is 4. The Hall–Kier alpha value is -3.88. The minimum absolute atomic E-state index is 0.0853. The number of amides is 3. The molecule has 176 valence electrons. The number of carboxylic acids is 1. The Kier molecular flexibility index (Phi) is 5.47. The van der Waals surface area contributed by atoms with Gasteiger partial charge in [0.25, 0.3) is 0 Å². The predicted octanol–water partition coefficient (Wildman–Crippen LogP) is 1.72. The number of nitrogens with zero attached hydrogens (tertiary/aromatic N) is 1. The molecule has 3 amide bonds. The van der Waals surface area contributed by atoms with Gasteiger partial charge in [-0.15, -0.1) is 0 Å². The normalized spacial score (nSPS) is 21.8. The van der Waals surface area contributed by atoms with Crippen molar-refractivity contribution in [2.45, 2.75) is 24.3 Å². The summed E-state index contributed by atoms with van der Waals surface area (Å²) in [6, 6.07) is 16.0. The molecule has 0 unspecified atom stereocenters. The Morgan fingerprint density at radius 3 is 2.18 bits per heavy atom. The van der Waals surface area contributed by atoms with E-state index in [0.29, 0.717) is 19.4 Å². The first-order valence-electron chi connectivity index (χ1n) is 11.3. The predicted molar refractivity (Wildman–Crippen MR) is 121 cm³/mol. The topological polar surface area (TPSA) is 125 Å². The lowest BCUT2D eigenvalue weighted by atomic mass is 9.73. The molecule has 9 heteroatoms. The van der Waals surface area contributed by atoms with Gasteiger partial charge in [-0.25, -0.2) is 9.59 Å². The van der Waals surface area contributed by atoms with E-state index in [4.69, 9.17) is 4.74 Å². The molecule has 2 aromatic carbocycles. The number of carboxylic acid groups (broad SMARTS) is 1. The molecule has 2 aliphatic heterocycles. The number of aliphatic carboxylic acids is 1. The van der Waals surface area contributed by atoms with Crippen LogP contribution in [0.25, 0.3) is 11.1 Å². The summed E-state index contributed by atoms with van der Waals surface area (Å²) in [5, 5.41) is 14.3. The SMILES string of the molecule is O=C(CNC(=O)OCC1c2ccccc2-c2ccccc21)NCC(=O)N1CC2CC1(C(=O)O)C2. The zero-order valence-corrected chi connectivity index (χ0v) is 18.5. The highest BCUT2D eigenvalue weighted by atomic mass is 16.5. The zero-order chi connectivity index (χ0) is 23.9. The number of ether oxygens (including phenoxy) is 1. The van der Waals surface area contributed by atoms with E-state index in [1.165, 1.54) is 4.90 Å². The first-order chi connectivity index (χ1) is 16.4. The molecule has 0 atom stereocenters. The molecule has 2 bridgehead atoms. The monoisotopic (exact) mass is 463 g/mol. The van der Waals surface area contributed by atoms with Gasteiger partial charge in [0.15, 0.2) is 0 Å². The average Bonchev–Trinajstić information content (AvgIpc) is 3.48. The molecule has 2 aromatic rings. The summed E-state index contributed by atoms with van der Waals surface area (Å²) in [4.78, 5) is 49.6. The van der Waals surface area contributed by atoms with E-state index in [1.807, 2.05) is 48.5 Å². The third kappa shape index (κ3) is 3.67. The van der Waals surface area contributed by atoms with E-state index in [-0.39, 0.29) is 31.5 Å². The number of alkyl carbamates (subject to hydrolysis) is 1. The highest BCUT2D eigenvalue weighted by Gasteiger charge is 2.62. The van der Waals surface area contributed by atoms with Gasteiger partial charge in [-0.3, -0.25) is 9.59 Å². The summed E-state index contributed by atoms with van der Waals surface area (Å²) in [5.74, 6) is -1.86. The molecule has 3 N–H and O–H groups in total. The molecule has 2 heterocycles. The van der Waals surface area contributed by atoms with Gasteiger partial charge in [-0.2, -0.15) is 0 Å². The van der Waals surface area contributed by atoms with Crippen LogP contribution in [0.2, 0.25) is 0 Å². The molecule has 0 aromatic heterocycles. The maximum atomic E-state index is 12.4. The fourth-order valence-electron chi connectivity index (χ4n) is 5.44. The van der Waals surface area contributed by atoms with Crippen LogP contribution in [0.1, 0.15) is 29.9 Å². The molecule has 0 spiro atoms. The molecule has 3 fully saturated rings. The largest absolute Gasteiger partial charge is 0.479 e. The van der Waals surface area contributed by atoms with Crippen LogP contribution in [0.4, 0.5) is 4.79 Å². The number of fused-ring (bicyclic) bond motifs is 4. The van der Waals surface area contributed by atoms with E-state index in [1.54, 1.807) is 0 Å². The highest BCUT2D eigenvalue weighted by molar-refractivity contribution is 5.92. The number of hydrogen-bond donors (Lipinski definition) is 3. The Bertz CT molecular complexity index is 1130. The van der Waals surface area contributed by atoms with Crippen molar-refractivity contribution in [1.82, 2.24) is 15.5 Å². The van der Waals surface area contributed by atoms with Crippen molar-refractivity contribution < 1.29 is 29.0 Å². The number of rotatable bonds is 7. The molecule has 1 saturated carbocycles. The van der Waals surface area contributed by atoms with Gasteiger partial charge in [-0.1, -0.05) is 48.5 Å². The molecule has 9 nitrogen and oxygen atoms in total. The van der Waals surface area contributed by atoms with E-state index >= 15 is 0 Å². The third-order valence-corrected chi connectivity index (χ3v) is 7.08. The maximum absolute atomic E-state index is 12.4. The van der Waals surface area contributed by atoms with Crippen LogP contribution >= 0.6 is 0 Å². The van der Waals surface area contributed by atoms with Crippen molar-refractivity contribution in [2.24, 2.45) is 5.92 Å². The second-order valence-corrected chi connectivity index (χ2v) is 9.07. The van der Waals surface area contributed by atoms with Crippen LogP contribution < -0.4 is 10.6 Å². The van der Waals surface area contributed by atoms with E-state index in [9.17, 15) is 24.3 Å². The van der Waals surface area contributed by atoms with Crippen molar-refractivity contribution in [3.63, 3.8) is 0 Å². The van der Waals surface area contributed by atoms with Crippen molar-refractivity contribution in [2.75, 3.05) is 26.2 Å². The van der Waals surface area contributed by atoms with Crippen molar-refractivity contribution in [3.05, 3.63) is 59.7 Å². The summed E-state index contributed by atoms with van der Waals surface area (Å²) in [7, 11) is 0. The Balaban J connectivity index is 1.08. The van der Waals surface area contributed by atoms with Gasteiger partial charge in [0.05, 0.1) is 6.54 Å². The lowest BCUT2D eigenvalue weighted by Gasteiger charge is -2.37. The van der Waals surface area contributed by atoms with Gasteiger partial charge in [0.1, 0.15) is 18.7 Å². The van der Waals surface area contributed by atoms with E-state index in [2.05, 4.69) is 10.6 Å². The standard InChI is InChI=1S/C25H25N3O6/c29-21(26-12-22(30)28-13-15-9-25(28,10-15)23(31)32)11-27-24(33)34-14-20-18-7-3-1-5-16(18)17-6-2-4-8-19(17)20/h1-8,15,20H,9-14H2,(H,26,29)(H,27,33)(H,31,32). The highest BCUT2D eigenvalue weighted by Crippen LogP contribution is 2.50. The van der Waals surface area contributed by atoms with Crippen LogP contribution in [0, 0.1) is 5.92 Å². The van der Waals surface area contributed by atoms with Gasteiger partial charge in [0.2, 0.25) is 11.8 Å². The smallest absolute Gasteiger partial charge is 0.407 e. The summed E-state index contributed by atoms with van der Waals surface area (Å²) in [6.07, 6.45) is 0.199. The molecular formula is C25H25N3O6. The molecular weight excluding hydrogens is 438 g/mol. The molecule has 6 rings (SSSR count). The number of hydrogen-bond acceptors (Lipinski definition) is 5. The molecule has 2 saturated heterocycles. The van der Waals surface area contributed by atoms with Gasteiger partial charge in [-0.05, 0) is 41.0 Å². The Labute approximate surface area is 196 Å². The van der Waals surface area contributed by atoms with Crippen LogP contribution in [-0.4, -0.2) is 65.7 Å². The molecule has 4 aliphatic rings. The van der Waals surface area contributed by atoms with Crippen LogP contribution in [-0.2, 0) is 19.1 Å². The summed E-state index contributed by atoms with van der Waals surface area (Å²) in [6.45, 7) is -0.129. The van der Waals surface area contributed by atoms with Crippen LogP contribution in [0.3, 0.4) is 0 Å². The fraction of sp³-hybridized carbons (Fsp3) is 0.360. The van der Waals surface area contributed by atoms with Gasteiger partial charge >= 0.3 is 12.1 Å². The zero-order valence-electron chi connectivity index (χ0n) is 18.5. The van der Waals surface area contributed by atoms with Gasteiger partial charge < -0.3 is 25.4 Å². The van der Waals surface area contributed by atoms with E-state index < -0.39 is 29.4 Å². The van der Waals surface area contributed by atoms with Crippen molar-refractivity contribution in [3.8, 4) is 11.1 Å². The number of carbonyl (C=O) groups excluding carboxylic acids is 3. The quantitative estimate of drug-likeness (QED) is 0.574. The first-order valence-corrected chi connectivity index (χ1v) is 11.3. The lowest BCUT2D eigenvalue weighted by molar-refractivity contribution is -0.158. The van der Waals surface area contributed by atoms with Crippen molar-refractivity contribution in [1.29, 1.82) is 0 Å². The summed E-state index contributed by atoms with van der Waals surface area (Å²) < 4.78 is 5.39. The van der Waals surface area contributed by atoms with Crippen LogP contribution in [0.15, 0.2) is 48.5 Å². The second kappa shape index (κ2) is 8.48. The molecule has 0 radical (unpaired) electrons. The summed E-state index contributed by atoms with van der Waals surface area (Å²) in [5.41, 5.74) is 3.30. The molecule has 34 heavy (non-hydrogen) atoms. The minimum Gasteiger partial charge on any atom is -0.479 e. The van der Waals surface area contributed by atoms with Crippen LogP contribution in [0.5, 0.6) is 0 Å². The minimum atomic E-state index is -1.12. The van der Waals surface area contributed by atoms with E-state index in [0.717, 1.165) is 22.3 Å². The average molecular weight is 463 g/mol. The van der Waals surface area contributed by atoms with Gasteiger partial charge in [0, 0.05) is 12.5 Å².